The lowest BCUT2D eigenvalue weighted by atomic mass is 10.1. The molecule has 0 saturated heterocycles. The van der Waals surface area contributed by atoms with Crippen LogP contribution >= 0.6 is 0 Å². The van der Waals surface area contributed by atoms with E-state index in [0.29, 0.717) is 18.9 Å². The van der Waals surface area contributed by atoms with Gasteiger partial charge in [-0.15, -0.1) is 0 Å². The largest absolute Gasteiger partial charge is 0.489 e. The maximum atomic E-state index is 12.0. The molecule has 0 bridgehead atoms. The summed E-state index contributed by atoms with van der Waals surface area (Å²) in [7, 11) is 0. The second-order valence-corrected chi connectivity index (χ2v) is 6.51. The summed E-state index contributed by atoms with van der Waals surface area (Å²) in [5.74, 6) is 2.00. The molecule has 0 fully saturated rings. The van der Waals surface area contributed by atoms with Gasteiger partial charge in [-0.1, -0.05) is 31.1 Å². The van der Waals surface area contributed by atoms with Crippen LogP contribution in [0.4, 0.5) is 0 Å². The van der Waals surface area contributed by atoms with Gasteiger partial charge in [0.1, 0.15) is 18.1 Å². The van der Waals surface area contributed by atoms with Crippen LogP contribution in [0.15, 0.2) is 28.8 Å². The van der Waals surface area contributed by atoms with E-state index in [-0.39, 0.29) is 11.9 Å². The van der Waals surface area contributed by atoms with E-state index >= 15 is 0 Å². The third-order valence-electron chi connectivity index (χ3n) is 4.24. The van der Waals surface area contributed by atoms with Gasteiger partial charge in [0.25, 0.3) is 0 Å². The van der Waals surface area contributed by atoms with Crippen LogP contribution in [-0.4, -0.2) is 17.1 Å². The van der Waals surface area contributed by atoms with Crippen LogP contribution < -0.4 is 10.1 Å². The van der Waals surface area contributed by atoms with E-state index in [1.807, 2.05) is 45.0 Å². The maximum Gasteiger partial charge on any atom is 0.224 e. The number of benzene rings is 1. The van der Waals surface area contributed by atoms with Crippen LogP contribution in [0.1, 0.15) is 43.4 Å². The molecule has 0 aliphatic rings. The minimum absolute atomic E-state index is 0.0422. The minimum Gasteiger partial charge on any atom is -0.489 e. The van der Waals surface area contributed by atoms with Crippen molar-refractivity contribution >= 4 is 5.91 Å². The fraction of sp³-hybridized carbons (Fsp3) is 0.474. The van der Waals surface area contributed by atoms with Crippen LogP contribution in [-0.2, 0) is 17.8 Å². The number of nitrogens with one attached hydrogen (secondary N) is 1. The minimum atomic E-state index is 0.0422. The average molecular weight is 330 g/mol. The Balaban J connectivity index is 1.88. The van der Waals surface area contributed by atoms with Crippen molar-refractivity contribution in [2.24, 2.45) is 5.92 Å². The number of carbonyl (C=O) groups excluding carboxylic acids is 1. The molecule has 24 heavy (non-hydrogen) atoms. The number of aryl methyl sites for hydroxylation is 2. The number of amides is 1. The van der Waals surface area contributed by atoms with Gasteiger partial charge in [-0.05, 0) is 44.4 Å². The Morgan fingerprint density at radius 1 is 1.21 bits per heavy atom. The average Bonchev–Trinajstić information content (AvgIpc) is 2.85. The third kappa shape index (κ3) is 4.85. The molecule has 0 saturated carbocycles. The van der Waals surface area contributed by atoms with Crippen LogP contribution in [0, 0.1) is 19.8 Å². The molecule has 1 atom stereocenters. The molecule has 1 heterocycles. The standard InChI is InChI=1S/C19H26N2O3/c1-12(2)13(3)20-19(22)10-16-6-8-17(9-7-16)23-11-18-14(4)21-24-15(18)5/h6-9,12-13H,10-11H2,1-5H3,(H,20,22)/t13-/m1/s1. The lowest BCUT2D eigenvalue weighted by Crippen LogP contribution is -2.37. The zero-order valence-corrected chi connectivity index (χ0v) is 15.1. The lowest BCUT2D eigenvalue weighted by molar-refractivity contribution is -0.121. The zero-order valence-electron chi connectivity index (χ0n) is 15.1. The van der Waals surface area contributed by atoms with Gasteiger partial charge >= 0.3 is 0 Å². The van der Waals surface area contributed by atoms with Crippen molar-refractivity contribution in [1.29, 1.82) is 0 Å². The smallest absolute Gasteiger partial charge is 0.224 e. The van der Waals surface area contributed by atoms with E-state index in [0.717, 1.165) is 28.3 Å². The normalized spacial score (nSPS) is 12.2. The van der Waals surface area contributed by atoms with Crippen molar-refractivity contribution in [3.8, 4) is 5.75 Å². The first-order valence-electron chi connectivity index (χ1n) is 8.29. The summed E-state index contributed by atoms with van der Waals surface area (Å²) in [5.41, 5.74) is 2.79. The van der Waals surface area contributed by atoms with Crippen LogP contribution in [0.5, 0.6) is 5.75 Å². The van der Waals surface area contributed by atoms with E-state index < -0.39 is 0 Å². The molecule has 5 nitrogen and oxygen atoms in total. The monoisotopic (exact) mass is 330 g/mol. The molecule has 0 radical (unpaired) electrons. The molecule has 130 valence electrons. The molecule has 0 unspecified atom stereocenters. The summed E-state index contributed by atoms with van der Waals surface area (Å²) < 4.78 is 10.9. The first kappa shape index (κ1) is 18.0. The van der Waals surface area contributed by atoms with Gasteiger partial charge in [0.05, 0.1) is 17.7 Å². The van der Waals surface area contributed by atoms with Crippen LogP contribution in [0.3, 0.4) is 0 Å². The number of aromatic nitrogens is 1. The molecule has 1 aromatic carbocycles. The number of hydrogen-bond donors (Lipinski definition) is 1. The molecular weight excluding hydrogens is 304 g/mol. The van der Waals surface area contributed by atoms with Crippen molar-refractivity contribution in [3.05, 3.63) is 46.8 Å². The molecule has 0 aliphatic heterocycles. The topological polar surface area (TPSA) is 64.4 Å². The van der Waals surface area contributed by atoms with E-state index in [2.05, 4.69) is 24.3 Å². The Morgan fingerprint density at radius 3 is 2.42 bits per heavy atom. The SMILES string of the molecule is Cc1noc(C)c1COc1ccc(CC(=O)N[C@H](C)C(C)C)cc1. The van der Waals surface area contributed by atoms with Crippen LogP contribution in [0.2, 0.25) is 0 Å². The summed E-state index contributed by atoms with van der Waals surface area (Å²) in [6, 6.07) is 7.78. The van der Waals surface area contributed by atoms with Gasteiger partial charge in [0.15, 0.2) is 0 Å². The number of rotatable bonds is 7. The lowest BCUT2D eigenvalue weighted by Gasteiger charge is -2.17. The third-order valence-corrected chi connectivity index (χ3v) is 4.24. The van der Waals surface area contributed by atoms with E-state index in [1.165, 1.54) is 0 Å². The number of hydrogen-bond acceptors (Lipinski definition) is 4. The van der Waals surface area contributed by atoms with E-state index in [1.54, 1.807) is 0 Å². The second kappa shape index (κ2) is 7.99. The molecule has 0 spiro atoms. The Bertz CT molecular complexity index is 655. The molecular formula is C19H26N2O3. The maximum absolute atomic E-state index is 12.0. The molecule has 1 aromatic heterocycles. The fourth-order valence-corrected chi connectivity index (χ4v) is 2.22. The summed E-state index contributed by atoms with van der Waals surface area (Å²) in [6.07, 6.45) is 0.376. The van der Waals surface area contributed by atoms with Crippen LogP contribution in [0.25, 0.3) is 0 Å². The Hall–Kier alpha value is -2.30. The van der Waals surface area contributed by atoms with Gasteiger partial charge in [-0.2, -0.15) is 0 Å². The van der Waals surface area contributed by atoms with Crippen molar-refractivity contribution in [2.45, 2.75) is 53.7 Å². The molecule has 5 heteroatoms. The quantitative estimate of drug-likeness (QED) is 0.843. The summed E-state index contributed by atoms with van der Waals surface area (Å²) >= 11 is 0. The van der Waals surface area contributed by atoms with Crippen molar-refractivity contribution < 1.29 is 14.1 Å². The predicted molar refractivity (Wildman–Crippen MR) is 92.9 cm³/mol. The highest BCUT2D eigenvalue weighted by molar-refractivity contribution is 5.78. The summed E-state index contributed by atoms with van der Waals surface area (Å²) in [5, 5.41) is 6.92. The van der Waals surface area contributed by atoms with Gasteiger partial charge in [-0.25, -0.2) is 0 Å². The highest BCUT2D eigenvalue weighted by atomic mass is 16.5. The second-order valence-electron chi connectivity index (χ2n) is 6.51. The van der Waals surface area contributed by atoms with Crippen molar-refractivity contribution in [3.63, 3.8) is 0 Å². The fourth-order valence-electron chi connectivity index (χ4n) is 2.22. The molecule has 1 amide bonds. The molecule has 2 rings (SSSR count). The van der Waals surface area contributed by atoms with Crippen molar-refractivity contribution in [1.82, 2.24) is 10.5 Å². The first-order chi connectivity index (χ1) is 11.4. The number of ether oxygens (including phenoxy) is 1. The van der Waals surface area contributed by atoms with Gasteiger partial charge in [0.2, 0.25) is 5.91 Å². The Kier molecular flexibility index (Phi) is 6.01. The predicted octanol–water partition coefficient (Wildman–Crippen LogP) is 3.57. The summed E-state index contributed by atoms with van der Waals surface area (Å²) in [6.45, 7) is 10.4. The van der Waals surface area contributed by atoms with Crippen molar-refractivity contribution in [2.75, 3.05) is 0 Å². The van der Waals surface area contributed by atoms with E-state index in [4.69, 9.17) is 9.26 Å². The highest BCUT2D eigenvalue weighted by Gasteiger charge is 2.12. The Labute approximate surface area is 143 Å². The molecule has 1 N–H and O–H groups in total. The molecule has 0 aliphatic carbocycles. The van der Waals surface area contributed by atoms with Gasteiger partial charge < -0.3 is 14.6 Å². The van der Waals surface area contributed by atoms with Gasteiger partial charge in [-0.3, -0.25) is 4.79 Å². The van der Waals surface area contributed by atoms with Gasteiger partial charge in [0, 0.05) is 6.04 Å². The first-order valence-corrected chi connectivity index (χ1v) is 8.29. The molecule has 2 aromatic rings. The number of carbonyl (C=O) groups is 1. The number of nitrogens with zero attached hydrogens (tertiary/aromatic N) is 1. The highest BCUT2D eigenvalue weighted by Crippen LogP contribution is 2.18. The van der Waals surface area contributed by atoms with E-state index in [9.17, 15) is 4.79 Å². The Morgan fingerprint density at radius 2 is 1.88 bits per heavy atom. The summed E-state index contributed by atoms with van der Waals surface area (Å²) in [4.78, 5) is 12.0. The zero-order chi connectivity index (χ0) is 17.7.